The Morgan fingerprint density at radius 3 is 2.31 bits per heavy atom. The van der Waals surface area contributed by atoms with Crippen LogP contribution in [0.2, 0.25) is 0 Å². The summed E-state index contributed by atoms with van der Waals surface area (Å²) in [4.78, 5) is 25.6. The van der Waals surface area contributed by atoms with Crippen molar-refractivity contribution in [2.45, 2.75) is 19.1 Å². The van der Waals surface area contributed by atoms with Crippen LogP contribution in [0.4, 0.5) is 18.9 Å². The molecule has 1 atom stereocenters. The fourth-order valence-electron chi connectivity index (χ4n) is 3.01. The van der Waals surface area contributed by atoms with Crippen molar-refractivity contribution in [2.75, 3.05) is 4.90 Å². The summed E-state index contributed by atoms with van der Waals surface area (Å²) in [5.74, 6) is -2.19. The molecule has 0 unspecified atom stereocenters. The molecule has 0 saturated carbocycles. The summed E-state index contributed by atoms with van der Waals surface area (Å²) in [5, 5.41) is 10.2. The Morgan fingerprint density at radius 2 is 1.73 bits per heavy atom. The largest absolute Gasteiger partial charge is 0.503 e. The van der Waals surface area contributed by atoms with E-state index in [4.69, 9.17) is 0 Å². The number of aliphatic hydroxyl groups excluding tert-OH is 1. The molecular formula is C19H14F3NO3. The van der Waals surface area contributed by atoms with Crippen molar-refractivity contribution in [2.24, 2.45) is 0 Å². The number of carbonyl (C=O) groups is 2. The zero-order valence-corrected chi connectivity index (χ0v) is 13.6. The van der Waals surface area contributed by atoms with Crippen LogP contribution in [0.1, 0.15) is 24.1 Å². The normalized spacial score (nSPS) is 17.8. The van der Waals surface area contributed by atoms with Crippen LogP contribution in [0.15, 0.2) is 65.9 Å². The van der Waals surface area contributed by atoms with E-state index in [0.29, 0.717) is 5.56 Å². The summed E-state index contributed by atoms with van der Waals surface area (Å²) in [5.41, 5.74) is -0.613. The van der Waals surface area contributed by atoms with Gasteiger partial charge in [0, 0.05) is 5.69 Å². The van der Waals surface area contributed by atoms with Gasteiger partial charge < -0.3 is 5.11 Å². The third-order valence-corrected chi connectivity index (χ3v) is 4.15. The van der Waals surface area contributed by atoms with Gasteiger partial charge in [0.25, 0.3) is 5.91 Å². The molecule has 1 aliphatic heterocycles. The smallest absolute Gasteiger partial charge is 0.416 e. The molecule has 0 fully saturated rings. The topological polar surface area (TPSA) is 57.6 Å². The molecule has 0 spiro atoms. The molecular weight excluding hydrogens is 347 g/mol. The number of nitrogens with zero attached hydrogens (tertiary/aromatic N) is 1. The fraction of sp³-hybridized carbons (Fsp3) is 0.158. The third-order valence-electron chi connectivity index (χ3n) is 4.15. The molecule has 0 radical (unpaired) electrons. The Hall–Kier alpha value is -3.09. The highest BCUT2D eigenvalue weighted by atomic mass is 19.4. The first kappa shape index (κ1) is 17.7. The summed E-state index contributed by atoms with van der Waals surface area (Å²) < 4.78 is 39.1. The van der Waals surface area contributed by atoms with Crippen molar-refractivity contribution in [1.82, 2.24) is 0 Å². The molecule has 0 aromatic heterocycles. The summed E-state index contributed by atoms with van der Waals surface area (Å²) in [6.07, 6.45) is -4.58. The highest BCUT2D eigenvalue weighted by Crippen LogP contribution is 2.42. The van der Waals surface area contributed by atoms with E-state index in [9.17, 15) is 27.9 Å². The van der Waals surface area contributed by atoms with Gasteiger partial charge in [-0.1, -0.05) is 36.4 Å². The van der Waals surface area contributed by atoms with Gasteiger partial charge in [0.15, 0.2) is 11.5 Å². The SMILES string of the molecule is CC(=O)C1=C(O)C(=O)N(c2cccc(C(F)(F)F)c2)[C@H]1c1ccccc1. The maximum atomic E-state index is 13.0. The number of benzene rings is 2. The van der Waals surface area contributed by atoms with E-state index in [-0.39, 0.29) is 11.3 Å². The van der Waals surface area contributed by atoms with Crippen molar-refractivity contribution in [3.63, 3.8) is 0 Å². The van der Waals surface area contributed by atoms with Crippen molar-refractivity contribution >= 4 is 17.4 Å². The van der Waals surface area contributed by atoms with E-state index in [1.165, 1.54) is 19.1 Å². The van der Waals surface area contributed by atoms with Crippen molar-refractivity contribution < 1.29 is 27.9 Å². The number of Topliss-reactive ketones (excluding diaryl/α,β-unsaturated/α-hetero) is 1. The molecule has 4 nitrogen and oxygen atoms in total. The first-order valence-corrected chi connectivity index (χ1v) is 7.71. The van der Waals surface area contributed by atoms with Crippen LogP contribution in [0.25, 0.3) is 0 Å². The lowest BCUT2D eigenvalue weighted by atomic mass is 9.96. The molecule has 1 amide bonds. The lowest BCUT2D eigenvalue weighted by Crippen LogP contribution is -2.31. The maximum absolute atomic E-state index is 13.0. The second kappa shape index (κ2) is 6.33. The van der Waals surface area contributed by atoms with Crippen LogP contribution in [-0.2, 0) is 15.8 Å². The molecule has 0 aliphatic carbocycles. The molecule has 134 valence electrons. The number of hydrogen-bond acceptors (Lipinski definition) is 3. The number of anilines is 1. The average Bonchev–Trinajstić information content (AvgIpc) is 2.87. The van der Waals surface area contributed by atoms with Gasteiger partial charge in [-0.15, -0.1) is 0 Å². The molecule has 0 bridgehead atoms. The van der Waals surface area contributed by atoms with Crippen LogP contribution < -0.4 is 4.90 Å². The first-order valence-electron chi connectivity index (χ1n) is 7.71. The highest BCUT2D eigenvalue weighted by Gasteiger charge is 2.43. The lowest BCUT2D eigenvalue weighted by molar-refractivity contribution is -0.137. The molecule has 7 heteroatoms. The minimum atomic E-state index is -4.58. The molecule has 2 aromatic carbocycles. The number of carbonyl (C=O) groups excluding carboxylic acids is 2. The van der Waals surface area contributed by atoms with Gasteiger partial charge in [-0.2, -0.15) is 13.2 Å². The summed E-state index contributed by atoms with van der Waals surface area (Å²) in [7, 11) is 0. The van der Waals surface area contributed by atoms with Gasteiger partial charge in [-0.3, -0.25) is 14.5 Å². The summed E-state index contributed by atoms with van der Waals surface area (Å²) in [6, 6.07) is 11.6. The van der Waals surface area contributed by atoms with Crippen LogP contribution in [0.3, 0.4) is 0 Å². The number of amides is 1. The Balaban J connectivity index is 2.17. The minimum Gasteiger partial charge on any atom is -0.503 e. The lowest BCUT2D eigenvalue weighted by Gasteiger charge is -2.27. The van der Waals surface area contributed by atoms with Crippen LogP contribution in [0, 0.1) is 0 Å². The van der Waals surface area contributed by atoms with Gasteiger partial charge in [0.2, 0.25) is 0 Å². The molecule has 3 rings (SSSR count). The number of hydrogen-bond donors (Lipinski definition) is 1. The molecule has 1 aliphatic rings. The Bertz CT molecular complexity index is 904. The second-order valence-electron chi connectivity index (χ2n) is 5.85. The van der Waals surface area contributed by atoms with Gasteiger partial charge in [-0.25, -0.2) is 0 Å². The Kier molecular flexibility index (Phi) is 4.31. The van der Waals surface area contributed by atoms with Gasteiger partial charge in [0.05, 0.1) is 17.2 Å². The minimum absolute atomic E-state index is 0.0542. The Morgan fingerprint density at radius 1 is 1.08 bits per heavy atom. The molecule has 1 N–H and O–H groups in total. The van der Waals surface area contributed by atoms with E-state index in [0.717, 1.165) is 17.0 Å². The van der Waals surface area contributed by atoms with Gasteiger partial charge in [-0.05, 0) is 30.7 Å². The monoisotopic (exact) mass is 361 g/mol. The first-order chi connectivity index (χ1) is 12.2. The van der Waals surface area contributed by atoms with Gasteiger partial charge >= 0.3 is 6.18 Å². The maximum Gasteiger partial charge on any atom is 0.416 e. The number of rotatable bonds is 3. The number of ketones is 1. The molecule has 1 heterocycles. The molecule has 0 saturated heterocycles. The predicted molar refractivity (Wildman–Crippen MR) is 88.4 cm³/mol. The standard InChI is InChI=1S/C19H14F3NO3/c1-11(24)15-16(12-6-3-2-4-7-12)23(18(26)17(15)25)14-9-5-8-13(10-14)19(20,21)22/h2-10,16,25H,1H3/t16-/m0/s1. The quantitative estimate of drug-likeness (QED) is 0.892. The van der Waals surface area contributed by atoms with Crippen molar-refractivity contribution in [3.8, 4) is 0 Å². The van der Waals surface area contributed by atoms with Crippen molar-refractivity contribution in [3.05, 3.63) is 77.1 Å². The zero-order chi connectivity index (χ0) is 19.1. The van der Waals surface area contributed by atoms with Crippen LogP contribution >= 0.6 is 0 Å². The fourth-order valence-corrected chi connectivity index (χ4v) is 3.01. The summed E-state index contributed by atoms with van der Waals surface area (Å²) >= 11 is 0. The van der Waals surface area contributed by atoms with E-state index in [2.05, 4.69) is 0 Å². The van der Waals surface area contributed by atoms with Crippen LogP contribution in [0.5, 0.6) is 0 Å². The van der Waals surface area contributed by atoms with Gasteiger partial charge in [0.1, 0.15) is 0 Å². The second-order valence-corrected chi connectivity index (χ2v) is 5.85. The highest BCUT2D eigenvalue weighted by molar-refractivity contribution is 6.16. The van der Waals surface area contributed by atoms with E-state index in [1.54, 1.807) is 30.3 Å². The van der Waals surface area contributed by atoms with E-state index in [1.807, 2.05) is 0 Å². The average molecular weight is 361 g/mol. The summed E-state index contributed by atoms with van der Waals surface area (Å²) in [6.45, 7) is 1.20. The Labute approximate surface area is 147 Å². The third kappa shape index (κ3) is 2.96. The number of halogens is 3. The molecule has 2 aromatic rings. The molecule has 26 heavy (non-hydrogen) atoms. The zero-order valence-electron chi connectivity index (χ0n) is 13.6. The van der Waals surface area contributed by atoms with E-state index >= 15 is 0 Å². The predicted octanol–water partition coefficient (Wildman–Crippen LogP) is 4.19. The number of aliphatic hydroxyl groups is 1. The van der Waals surface area contributed by atoms with Crippen molar-refractivity contribution in [1.29, 1.82) is 0 Å². The number of alkyl halides is 3. The van der Waals surface area contributed by atoms with E-state index < -0.39 is 35.2 Å². The van der Waals surface area contributed by atoms with Crippen LogP contribution in [-0.4, -0.2) is 16.8 Å².